The Morgan fingerprint density at radius 1 is 1.50 bits per heavy atom. The maximum Gasteiger partial charge on any atom is 0.211 e. The summed E-state index contributed by atoms with van der Waals surface area (Å²) >= 11 is 0. The topological polar surface area (TPSA) is 49.4 Å². The van der Waals surface area contributed by atoms with Crippen molar-refractivity contribution in [3.63, 3.8) is 0 Å². The molecular weight excluding hydrogens is 200 g/mol. The van der Waals surface area contributed by atoms with Gasteiger partial charge >= 0.3 is 0 Å². The van der Waals surface area contributed by atoms with Gasteiger partial charge in [-0.1, -0.05) is 0 Å². The Morgan fingerprint density at radius 3 is 2.42 bits per heavy atom. The predicted molar refractivity (Wildman–Crippen MR) is 51.1 cm³/mol. The van der Waals surface area contributed by atoms with Crippen molar-refractivity contribution in [2.75, 3.05) is 25.9 Å². The molecule has 0 radical (unpaired) electrons. The van der Waals surface area contributed by atoms with E-state index in [0.29, 0.717) is 13.1 Å². The standard InChI is InChI=1S/C6H14N2O2S.ClH/c1-6-5-8(4-3-7-6)11(2,9)10;/h6-7H,3-5H2,1-2H3;1H/t6-;/m1./s1. The van der Waals surface area contributed by atoms with Crippen LogP contribution >= 0.6 is 12.4 Å². The van der Waals surface area contributed by atoms with Crippen molar-refractivity contribution >= 4 is 22.4 Å². The number of hydrogen-bond acceptors (Lipinski definition) is 3. The smallest absolute Gasteiger partial charge is 0.211 e. The van der Waals surface area contributed by atoms with Crippen LogP contribution in [0.15, 0.2) is 0 Å². The average molecular weight is 215 g/mol. The van der Waals surface area contributed by atoms with E-state index < -0.39 is 10.0 Å². The minimum Gasteiger partial charge on any atom is -0.312 e. The van der Waals surface area contributed by atoms with Crippen LogP contribution in [0.5, 0.6) is 0 Å². The van der Waals surface area contributed by atoms with E-state index in [0.717, 1.165) is 6.54 Å². The SMILES string of the molecule is C[C@@H]1CN(S(C)(=O)=O)CCN1.Cl. The second-order valence-corrected chi connectivity index (χ2v) is 4.96. The van der Waals surface area contributed by atoms with Crippen molar-refractivity contribution in [3.8, 4) is 0 Å². The lowest BCUT2D eigenvalue weighted by atomic mass is 10.3. The molecule has 0 saturated carbocycles. The molecule has 0 aromatic heterocycles. The largest absolute Gasteiger partial charge is 0.312 e. The number of piperazine rings is 1. The van der Waals surface area contributed by atoms with Crippen LogP contribution in [-0.4, -0.2) is 44.7 Å². The second kappa shape index (κ2) is 4.41. The van der Waals surface area contributed by atoms with Crippen LogP contribution in [0.1, 0.15) is 6.92 Å². The first-order chi connectivity index (χ1) is 5.00. The van der Waals surface area contributed by atoms with Gasteiger partial charge in [0.15, 0.2) is 0 Å². The van der Waals surface area contributed by atoms with Gasteiger partial charge in [-0.15, -0.1) is 12.4 Å². The van der Waals surface area contributed by atoms with Crippen molar-refractivity contribution in [3.05, 3.63) is 0 Å². The van der Waals surface area contributed by atoms with Crippen molar-refractivity contribution < 1.29 is 8.42 Å². The molecule has 1 atom stereocenters. The van der Waals surface area contributed by atoms with Gasteiger partial charge in [-0.2, -0.15) is 4.31 Å². The Kier molecular flexibility index (Phi) is 4.47. The molecule has 1 aliphatic rings. The number of hydrogen-bond donors (Lipinski definition) is 1. The summed E-state index contributed by atoms with van der Waals surface area (Å²) in [6, 6.07) is 0.276. The van der Waals surface area contributed by atoms with E-state index >= 15 is 0 Å². The highest BCUT2D eigenvalue weighted by Crippen LogP contribution is 2.02. The van der Waals surface area contributed by atoms with Gasteiger partial charge < -0.3 is 5.32 Å². The maximum atomic E-state index is 11.0. The first-order valence-electron chi connectivity index (χ1n) is 3.68. The third-order valence-electron chi connectivity index (χ3n) is 1.80. The highest BCUT2D eigenvalue weighted by Gasteiger charge is 2.22. The fourth-order valence-electron chi connectivity index (χ4n) is 1.20. The molecular formula is C6H15ClN2O2S. The van der Waals surface area contributed by atoms with Gasteiger partial charge in [-0.05, 0) is 6.92 Å². The highest BCUT2D eigenvalue weighted by molar-refractivity contribution is 7.88. The molecule has 4 nitrogen and oxygen atoms in total. The molecule has 74 valence electrons. The zero-order chi connectivity index (χ0) is 8.48. The molecule has 0 aromatic rings. The van der Waals surface area contributed by atoms with Crippen LogP contribution in [0.25, 0.3) is 0 Å². The van der Waals surface area contributed by atoms with Gasteiger partial charge in [-0.3, -0.25) is 0 Å². The predicted octanol–water partition coefficient (Wildman–Crippen LogP) is -0.338. The Hall–Kier alpha value is 0.160. The van der Waals surface area contributed by atoms with Crippen LogP contribution in [0, 0.1) is 0 Å². The fourth-order valence-corrected chi connectivity index (χ4v) is 2.12. The van der Waals surface area contributed by atoms with E-state index in [1.54, 1.807) is 0 Å². The fraction of sp³-hybridized carbons (Fsp3) is 1.00. The lowest BCUT2D eigenvalue weighted by Crippen LogP contribution is -2.50. The van der Waals surface area contributed by atoms with Crippen LogP contribution in [0.2, 0.25) is 0 Å². The van der Waals surface area contributed by atoms with Crippen LogP contribution in [-0.2, 0) is 10.0 Å². The minimum absolute atomic E-state index is 0. The summed E-state index contributed by atoms with van der Waals surface area (Å²) in [6.45, 7) is 3.94. The van der Waals surface area contributed by atoms with E-state index in [-0.39, 0.29) is 18.4 Å². The molecule has 1 heterocycles. The van der Waals surface area contributed by atoms with Gasteiger partial charge in [-0.25, -0.2) is 8.42 Å². The Bertz CT molecular complexity index is 230. The monoisotopic (exact) mass is 214 g/mol. The summed E-state index contributed by atoms with van der Waals surface area (Å²) in [4.78, 5) is 0. The Morgan fingerprint density at radius 2 is 2.08 bits per heavy atom. The van der Waals surface area contributed by atoms with Gasteiger partial charge in [0, 0.05) is 25.7 Å². The lowest BCUT2D eigenvalue weighted by Gasteiger charge is -2.29. The van der Waals surface area contributed by atoms with Crippen molar-refractivity contribution in [2.45, 2.75) is 13.0 Å². The van der Waals surface area contributed by atoms with E-state index in [1.165, 1.54) is 10.6 Å². The number of halogens is 1. The molecule has 1 N–H and O–H groups in total. The number of rotatable bonds is 1. The summed E-state index contributed by atoms with van der Waals surface area (Å²) in [6.07, 6.45) is 1.26. The van der Waals surface area contributed by atoms with E-state index in [9.17, 15) is 8.42 Å². The van der Waals surface area contributed by atoms with Gasteiger partial charge in [0.2, 0.25) is 10.0 Å². The molecule has 6 heteroatoms. The first-order valence-corrected chi connectivity index (χ1v) is 5.53. The van der Waals surface area contributed by atoms with E-state index in [4.69, 9.17) is 0 Å². The molecule has 0 amide bonds. The third kappa shape index (κ3) is 3.26. The molecule has 12 heavy (non-hydrogen) atoms. The summed E-state index contributed by atoms with van der Waals surface area (Å²) in [5.41, 5.74) is 0. The summed E-state index contributed by atoms with van der Waals surface area (Å²) in [5, 5.41) is 3.18. The van der Waals surface area contributed by atoms with Gasteiger partial charge in [0.25, 0.3) is 0 Å². The number of nitrogens with one attached hydrogen (secondary N) is 1. The normalized spacial score (nSPS) is 26.3. The van der Waals surface area contributed by atoms with Crippen LogP contribution in [0.4, 0.5) is 0 Å². The van der Waals surface area contributed by atoms with Crippen molar-refractivity contribution in [2.24, 2.45) is 0 Å². The molecule has 0 spiro atoms. The zero-order valence-corrected chi connectivity index (χ0v) is 8.91. The molecule has 0 bridgehead atoms. The molecule has 1 rings (SSSR count). The summed E-state index contributed by atoms with van der Waals surface area (Å²) in [7, 11) is -2.97. The van der Waals surface area contributed by atoms with E-state index in [2.05, 4.69) is 5.32 Å². The summed E-state index contributed by atoms with van der Waals surface area (Å²) < 4.78 is 23.6. The summed E-state index contributed by atoms with van der Waals surface area (Å²) in [5.74, 6) is 0. The number of nitrogens with zero attached hydrogens (tertiary/aromatic N) is 1. The molecule has 0 aliphatic carbocycles. The maximum absolute atomic E-state index is 11.0. The molecule has 1 saturated heterocycles. The first kappa shape index (κ1) is 12.2. The minimum atomic E-state index is -2.97. The van der Waals surface area contributed by atoms with Crippen LogP contribution < -0.4 is 5.32 Å². The zero-order valence-electron chi connectivity index (χ0n) is 7.28. The molecule has 0 aromatic carbocycles. The third-order valence-corrected chi connectivity index (χ3v) is 3.07. The van der Waals surface area contributed by atoms with Gasteiger partial charge in [0.05, 0.1) is 6.26 Å². The average Bonchev–Trinajstić information content (AvgIpc) is 1.86. The quantitative estimate of drug-likeness (QED) is 0.650. The lowest BCUT2D eigenvalue weighted by molar-refractivity contribution is 0.312. The number of sulfonamides is 1. The van der Waals surface area contributed by atoms with Crippen LogP contribution in [0.3, 0.4) is 0 Å². The molecule has 1 fully saturated rings. The Labute approximate surface area is 79.8 Å². The van der Waals surface area contributed by atoms with Crippen molar-refractivity contribution in [1.82, 2.24) is 9.62 Å². The van der Waals surface area contributed by atoms with Crippen molar-refractivity contribution in [1.29, 1.82) is 0 Å². The van der Waals surface area contributed by atoms with Gasteiger partial charge in [0.1, 0.15) is 0 Å². The molecule has 0 unspecified atom stereocenters. The second-order valence-electron chi connectivity index (χ2n) is 2.98. The Balaban J connectivity index is 0.00000121. The molecule has 1 aliphatic heterocycles. The highest BCUT2D eigenvalue weighted by atomic mass is 35.5. The van der Waals surface area contributed by atoms with E-state index in [1.807, 2.05) is 6.92 Å².